The van der Waals surface area contributed by atoms with E-state index >= 15 is 0 Å². The number of hydrogen-bond acceptors (Lipinski definition) is 2. The molecule has 1 N–H and O–H groups in total. The Bertz CT molecular complexity index is 461. The minimum atomic E-state index is -0.764. The van der Waals surface area contributed by atoms with E-state index in [-0.39, 0.29) is 6.54 Å². The molecule has 0 spiro atoms. The van der Waals surface area contributed by atoms with Crippen molar-refractivity contribution in [3.8, 4) is 0 Å². The van der Waals surface area contributed by atoms with Crippen molar-refractivity contribution in [2.75, 3.05) is 6.54 Å². The second-order valence-corrected chi connectivity index (χ2v) is 6.25. The molecule has 0 atom stereocenters. The van der Waals surface area contributed by atoms with E-state index in [2.05, 4.69) is 20.8 Å². The summed E-state index contributed by atoms with van der Waals surface area (Å²) < 4.78 is 0.855. The summed E-state index contributed by atoms with van der Waals surface area (Å²) in [6.07, 6.45) is 4.60. The van der Waals surface area contributed by atoms with Gasteiger partial charge in [-0.05, 0) is 46.5 Å². The van der Waals surface area contributed by atoms with Crippen LogP contribution >= 0.6 is 27.5 Å². The molecule has 1 saturated carbocycles. The SMILES string of the molecule is O=C(O)CN(Cc1ccc(Cl)c(Br)c1)C1CCCC1. The molecule has 0 amide bonds. The molecule has 0 heterocycles. The van der Waals surface area contributed by atoms with Gasteiger partial charge < -0.3 is 5.11 Å². The number of benzene rings is 1. The zero-order valence-corrected chi connectivity index (χ0v) is 13.0. The highest BCUT2D eigenvalue weighted by Gasteiger charge is 2.24. The number of carbonyl (C=O) groups is 1. The summed E-state index contributed by atoms with van der Waals surface area (Å²) in [5.74, 6) is -0.764. The van der Waals surface area contributed by atoms with E-state index in [4.69, 9.17) is 16.7 Å². The quantitative estimate of drug-likeness (QED) is 0.878. The van der Waals surface area contributed by atoms with Crippen LogP contribution in [0.25, 0.3) is 0 Å². The Morgan fingerprint density at radius 1 is 1.42 bits per heavy atom. The van der Waals surface area contributed by atoms with Gasteiger partial charge in [0.2, 0.25) is 0 Å². The maximum Gasteiger partial charge on any atom is 0.317 e. The van der Waals surface area contributed by atoms with Crippen LogP contribution in [0.15, 0.2) is 22.7 Å². The van der Waals surface area contributed by atoms with E-state index in [0.717, 1.165) is 22.9 Å². The van der Waals surface area contributed by atoms with Crippen LogP contribution in [0.1, 0.15) is 31.2 Å². The van der Waals surface area contributed by atoms with Gasteiger partial charge in [0.25, 0.3) is 0 Å². The van der Waals surface area contributed by atoms with Gasteiger partial charge in [-0.2, -0.15) is 0 Å². The molecule has 0 bridgehead atoms. The molecular formula is C14H17BrClNO2. The van der Waals surface area contributed by atoms with Gasteiger partial charge in [-0.15, -0.1) is 0 Å². The summed E-state index contributed by atoms with van der Waals surface area (Å²) in [4.78, 5) is 13.1. The molecule has 2 rings (SSSR count). The average Bonchev–Trinajstić information content (AvgIpc) is 2.86. The molecule has 19 heavy (non-hydrogen) atoms. The summed E-state index contributed by atoms with van der Waals surface area (Å²) in [6.45, 7) is 0.762. The fraction of sp³-hybridized carbons (Fsp3) is 0.500. The third-order valence-corrected chi connectivity index (χ3v) is 4.76. The minimum absolute atomic E-state index is 0.102. The second-order valence-electron chi connectivity index (χ2n) is 4.99. The molecule has 1 aliphatic rings. The van der Waals surface area contributed by atoms with E-state index in [1.54, 1.807) is 0 Å². The molecule has 0 radical (unpaired) electrons. The maximum absolute atomic E-state index is 11.0. The zero-order chi connectivity index (χ0) is 13.8. The zero-order valence-electron chi connectivity index (χ0n) is 10.6. The van der Waals surface area contributed by atoms with Crippen molar-refractivity contribution in [3.05, 3.63) is 33.3 Å². The molecule has 1 aromatic rings. The van der Waals surface area contributed by atoms with E-state index < -0.39 is 5.97 Å². The highest BCUT2D eigenvalue weighted by atomic mass is 79.9. The molecule has 3 nitrogen and oxygen atoms in total. The van der Waals surface area contributed by atoms with Crippen LogP contribution in [-0.4, -0.2) is 28.6 Å². The molecule has 0 saturated heterocycles. The third kappa shape index (κ3) is 4.20. The first-order valence-corrected chi connectivity index (χ1v) is 7.63. The largest absolute Gasteiger partial charge is 0.480 e. The molecule has 0 aliphatic heterocycles. The van der Waals surface area contributed by atoms with Crippen LogP contribution in [0.5, 0.6) is 0 Å². The van der Waals surface area contributed by atoms with Gasteiger partial charge in [0.05, 0.1) is 11.6 Å². The summed E-state index contributed by atoms with van der Waals surface area (Å²) in [5.41, 5.74) is 1.09. The van der Waals surface area contributed by atoms with Crippen LogP contribution < -0.4 is 0 Å². The lowest BCUT2D eigenvalue weighted by Gasteiger charge is -2.27. The van der Waals surface area contributed by atoms with Gasteiger partial charge >= 0.3 is 5.97 Å². The molecule has 104 valence electrons. The van der Waals surface area contributed by atoms with E-state index in [1.165, 1.54) is 12.8 Å². The van der Waals surface area contributed by atoms with Gasteiger partial charge in [-0.3, -0.25) is 9.69 Å². The van der Waals surface area contributed by atoms with Gasteiger partial charge in [-0.1, -0.05) is 30.5 Å². The molecule has 1 aliphatic carbocycles. The van der Waals surface area contributed by atoms with E-state index in [1.807, 2.05) is 18.2 Å². The Balaban J connectivity index is 2.09. The van der Waals surface area contributed by atoms with Gasteiger partial charge in [-0.25, -0.2) is 0 Å². The number of rotatable bonds is 5. The van der Waals surface area contributed by atoms with Crippen LogP contribution in [0.3, 0.4) is 0 Å². The predicted octanol–water partition coefficient (Wildman–Crippen LogP) is 3.93. The van der Waals surface area contributed by atoms with Crippen LogP contribution in [-0.2, 0) is 11.3 Å². The maximum atomic E-state index is 11.0. The first kappa shape index (κ1) is 14.8. The van der Waals surface area contributed by atoms with Crippen molar-refractivity contribution in [3.63, 3.8) is 0 Å². The first-order chi connectivity index (χ1) is 9.06. The monoisotopic (exact) mass is 345 g/mol. The van der Waals surface area contributed by atoms with E-state index in [9.17, 15) is 4.79 Å². The van der Waals surface area contributed by atoms with Crippen molar-refractivity contribution in [1.29, 1.82) is 0 Å². The molecule has 0 unspecified atom stereocenters. The molecule has 1 fully saturated rings. The Hall–Kier alpha value is -0.580. The minimum Gasteiger partial charge on any atom is -0.480 e. The lowest BCUT2D eigenvalue weighted by atomic mass is 10.1. The van der Waals surface area contributed by atoms with Crippen molar-refractivity contribution in [2.45, 2.75) is 38.3 Å². The van der Waals surface area contributed by atoms with E-state index in [0.29, 0.717) is 17.6 Å². The number of halogens is 2. The number of nitrogens with zero attached hydrogens (tertiary/aromatic N) is 1. The number of carboxylic acids is 1. The summed E-state index contributed by atoms with van der Waals surface area (Å²) >= 11 is 9.38. The van der Waals surface area contributed by atoms with Crippen LogP contribution in [0, 0.1) is 0 Å². The third-order valence-electron chi connectivity index (χ3n) is 3.55. The Morgan fingerprint density at radius 3 is 2.68 bits per heavy atom. The standard InChI is InChI=1S/C14H17BrClNO2/c15-12-7-10(5-6-13(12)16)8-17(9-14(18)19)11-3-1-2-4-11/h5-7,11H,1-4,8-9H2,(H,18,19). The smallest absolute Gasteiger partial charge is 0.317 e. The van der Waals surface area contributed by atoms with Crippen molar-refractivity contribution in [2.24, 2.45) is 0 Å². The van der Waals surface area contributed by atoms with Gasteiger partial charge in [0.1, 0.15) is 0 Å². The first-order valence-electron chi connectivity index (χ1n) is 6.46. The topological polar surface area (TPSA) is 40.5 Å². The van der Waals surface area contributed by atoms with Crippen LogP contribution in [0.4, 0.5) is 0 Å². The normalized spacial score (nSPS) is 16.2. The van der Waals surface area contributed by atoms with Crippen molar-refractivity contribution >= 4 is 33.5 Å². The fourth-order valence-electron chi connectivity index (χ4n) is 2.63. The fourth-order valence-corrected chi connectivity index (χ4v) is 3.17. The molecule has 1 aromatic carbocycles. The van der Waals surface area contributed by atoms with Crippen molar-refractivity contribution < 1.29 is 9.90 Å². The highest BCUT2D eigenvalue weighted by Crippen LogP contribution is 2.27. The Labute approximate surface area is 126 Å². The van der Waals surface area contributed by atoms with Gasteiger partial charge in [0, 0.05) is 17.1 Å². The molecule has 0 aromatic heterocycles. The lowest BCUT2D eigenvalue weighted by Crippen LogP contribution is -2.37. The number of carboxylic acid groups (broad SMARTS) is 1. The Morgan fingerprint density at radius 2 is 2.11 bits per heavy atom. The number of hydrogen-bond donors (Lipinski definition) is 1. The van der Waals surface area contributed by atoms with Crippen molar-refractivity contribution in [1.82, 2.24) is 4.90 Å². The van der Waals surface area contributed by atoms with Gasteiger partial charge in [0.15, 0.2) is 0 Å². The lowest BCUT2D eigenvalue weighted by molar-refractivity contribution is -0.139. The average molecular weight is 347 g/mol. The summed E-state index contributed by atoms with van der Waals surface area (Å²) in [5, 5.41) is 9.72. The highest BCUT2D eigenvalue weighted by molar-refractivity contribution is 9.10. The molecule has 5 heteroatoms. The summed E-state index contributed by atoms with van der Waals surface area (Å²) in [6, 6.07) is 6.16. The number of aliphatic carboxylic acids is 1. The second kappa shape index (κ2) is 6.73. The molecular weight excluding hydrogens is 330 g/mol. The summed E-state index contributed by atoms with van der Waals surface area (Å²) in [7, 11) is 0. The predicted molar refractivity (Wildman–Crippen MR) is 79.5 cm³/mol. The van der Waals surface area contributed by atoms with Crippen LogP contribution in [0.2, 0.25) is 5.02 Å². The Kier molecular flexibility index (Phi) is 5.25.